The second-order valence-corrected chi connectivity index (χ2v) is 10.4. The van der Waals surface area contributed by atoms with Gasteiger partial charge in [-0.05, 0) is 63.9 Å². The molecule has 7 nitrogen and oxygen atoms in total. The molecule has 3 atom stereocenters. The SMILES string of the molecule is Cc1ccc(Br)nc1CC(=O)[C@@H]1C[C@@]2(C)C[C@H]2N1C(=O)Cc1cccc(-c2cnc(=O)[nH]c2)c1. The number of aryl methyl sites for hydroxylation is 1. The Morgan fingerprint density at radius 3 is 2.76 bits per heavy atom. The van der Waals surface area contributed by atoms with Crippen molar-refractivity contribution < 1.29 is 9.59 Å². The van der Waals surface area contributed by atoms with Gasteiger partial charge in [0.25, 0.3) is 0 Å². The van der Waals surface area contributed by atoms with Gasteiger partial charge in [-0.1, -0.05) is 37.3 Å². The van der Waals surface area contributed by atoms with Crippen LogP contribution < -0.4 is 5.69 Å². The summed E-state index contributed by atoms with van der Waals surface area (Å²) in [5.74, 6) is 0.0174. The predicted molar refractivity (Wildman–Crippen MR) is 131 cm³/mol. The van der Waals surface area contributed by atoms with E-state index in [4.69, 9.17) is 0 Å². The van der Waals surface area contributed by atoms with E-state index in [0.29, 0.717) is 11.0 Å². The zero-order valence-electron chi connectivity index (χ0n) is 19.0. The average Bonchev–Trinajstić information content (AvgIpc) is 3.36. The molecule has 2 aromatic heterocycles. The molecule has 1 amide bonds. The third-order valence-corrected chi connectivity index (χ3v) is 7.53. The van der Waals surface area contributed by atoms with Crippen LogP contribution in [0, 0.1) is 12.3 Å². The number of aromatic nitrogens is 3. The molecule has 1 saturated carbocycles. The minimum Gasteiger partial charge on any atom is -0.329 e. The number of H-pyrrole nitrogens is 1. The third kappa shape index (κ3) is 4.34. The molecule has 0 unspecified atom stereocenters. The number of piperidine rings is 1. The van der Waals surface area contributed by atoms with Crippen molar-refractivity contribution in [3.63, 3.8) is 0 Å². The van der Waals surface area contributed by atoms with Crippen molar-refractivity contribution in [1.29, 1.82) is 0 Å². The van der Waals surface area contributed by atoms with Crippen LogP contribution in [0.5, 0.6) is 0 Å². The van der Waals surface area contributed by atoms with E-state index >= 15 is 0 Å². The highest BCUT2D eigenvalue weighted by atomic mass is 79.9. The van der Waals surface area contributed by atoms with Gasteiger partial charge in [-0.25, -0.2) is 14.8 Å². The lowest BCUT2D eigenvalue weighted by molar-refractivity contribution is -0.138. The summed E-state index contributed by atoms with van der Waals surface area (Å²) < 4.78 is 0.702. The Balaban J connectivity index is 1.34. The van der Waals surface area contributed by atoms with Gasteiger partial charge in [0.05, 0.1) is 24.6 Å². The van der Waals surface area contributed by atoms with Crippen LogP contribution in [0.4, 0.5) is 0 Å². The standard InChI is InChI=1S/C26H25BrN4O3/c1-15-6-7-23(27)30-19(15)10-21(32)20-11-26(2)12-22(26)31(20)24(33)9-16-4-3-5-17(8-16)18-13-28-25(34)29-14-18/h3-8,13-14,20,22H,9-12H2,1-2H3,(H,28,29,34)/t20-,22+,26-/m0/s1. The van der Waals surface area contributed by atoms with Gasteiger partial charge in [0, 0.05) is 24.0 Å². The summed E-state index contributed by atoms with van der Waals surface area (Å²) in [6.45, 7) is 4.11. The summed E-state index contributed by atoms with van der Waals surface area (Å²) in [5.41, 5.74) is 3.85. The van der Waals surface area contributed by atoms with Gasteiger partial charge in [-0.15, -0.1) is 0 Å². The molecule has 0 bridgehead atoms. The molecule has 5 rings (SSSR count). The zero-order chi connectivity index (χ0) is 24.0. The average molecular weight is 521 g/mol. The third-order valence-electron chi connectivity index (χ3n) is 7.09. The molecule has 0 radical (unpaired) electrons. The highest BCUT2D eigenvalue weighted by Crippen LogP contribution is 2.59. The van der Waals surface area contributed by atoms with Gasteiger partial charge in [0.2, 0.25) is 5.91 Å². The molecule has 174 valence electrons. The maximum absolute atomic E-state index is 13.5. The second kappa shape index (κ2) is 8.58. The first-order valence-corrected chi connectivity index (χ1v) is 12.1. The molecule has 1 aliphatic heterocycles. The maximum Gasteiger partial charge on any atom is 0.344 e. The first-order valence-electron chi connectivity index (χ1n) is 11.3. The van der Waals surface area contributed by atoms with Crippen molar-refractivity contribution in [2.45, 2.75) is 51.6 Å². The fourth-order valence-electron chi connectivity index (χ4n) is 5.04. The van der Waals surface area contributed by atoms with Crippen LogP contribution in [0.2, 0.25) is 0 Å². The van der Waals surface area contributed by atoms with Crippen LogP contribution in [0.1, 0.15) is 36.6 Å². The number of fused-ring (bicyclic) bond motifs is 1. The van der Waals surface area contributed by atoms with Crippen molar-refractivity contribution in [2.24, 2.45) is 5.41 Å². The van der Waals surface area contributed by atoms with Crippen LogP contribution in [0.15, 0.2) is 58.2 Å². The number of carbonyl (C=O) groups is 2. The van der Waals surface area contributed by atoms with Gasteiger partial charge in [0.1, 0.15) is 4.60 Å². The van der Waals surface area contributed by atoms with E-state index in [9.17, 15) is 14.4 Å². The number of likely N-dealkylation sites (tertiary alicyclic amines) is 1. The molecule has 1 aromatic carbocycles. The number of hydrogen-bond acceptors (Lipinski definition) is 5. The number of carbonyl (C=O) groups excluding carboxylic acids is 2. The lowest BCUT2D eigenvalue weighted by Gasteiger charge is -2.27. The molecule has 1 saturated heterocycles. The number of ketones is 1. The highest BCUT2D eigenvalue weighted by Gasteiger charge is 2.63. The summed E-state index contributed by atoms with van der Waals surface area (Å²) in [6.07, 6.45) is 5.21. The molecule has 8 heteroatoms. The number of rotatable bonds is 6. The van der Waals surface area contributed by atoms with E-state index in [0.717, 1.165) is 34.4 Å². The summed E-state index contributed by atoms with van der Waals surface area (Å²) in [6, 6.07) is 11.2. The molecule has 1 aliphatic carbocycles. The van der Waals surface area contributed by atoms with Gasteiger partial charge in [-0.2, -0.15) is 0 Å². The summed E-state index contributed by atoms with van der Waals surface area (Å²) in [5, 5.41) is 0. The molecule has 0 spiro atoms. The zero-order valence-corrected chi connectivity index (χ0v) is 20.6. The molecular weight excluding hydrogens is 496 g/mol. The monoisotopic (exact) mass is 520 g/mol. The molecule has 1 N–H and O–H groups in total. The van der Waals surface area contributed by atoms with Crippen molar-refractivity contribution >= 4 is 27.6 Å². The Labute approximate surface area is 205 Å². The van der Waals surface area contributed by atoms with Gasteiger partial charge >= 0.3 is 5.69 Å². The lowest BCUT2D eigenvalue weighted by Crippen LogP contribution is -2.44. The molecule has 2 aliphatic rings. The van der Waals surface area contributed by atoms with Gasteiger partial charge in [0.15, 0.2) is 5.78 Å². The lowest BCUT2D eigenvalue weighted by atomic mass is 9.96. The van der Waals surface area contributed by atoms with Crippen molar-refractivity contribution in [2.75, 3.05) is 0 Å². The van der Waals surface area contributed by atoms with E-state index in [2.05, 4.69) is 37.8 Å². The molecule has 3 heterocycles. The Morgan fingerprint density at radius 2 is 2.00 bits per heavy atom. The van der Waals surface area contributed by atoms with Gasteiger partial charge < -0.3 is 9.88 Å². The number of pyridine rings is 1. The van der Waals surface area contributed by atoms with Crippen LogP contribution in [0.3, 0.4) is 0 Å². The van der Waals surface area contributed by atoms with E-state index in [1.54, 1.807) is 6.20 Å². The van der Waals surface area contributed by atoms with Gasteiger partial charge in [-0.3, -0.25) is 9.59 Å². The molecule has 2 fully saturated rings. The molecule has 3 aromatic rings. The number of nitrogens with zero attached hydrogens (tertiary/aromatic N) is 3. The Hall–Kier alpha value is -3.13. The quantitative estimate of drug-likeness (QED) is 0.500. The minimum absolute atomic E-state index is 0.0269. The number of benzene rings is 1. The van der Waals surface area contributed by atoms with Crippen LogP contribution in [-0.4, -0.2) is 43.6 Å². The maximum atomic E-state index is 13.5. The smallest absolute Gasteiger partial charge is 0.329 e. The predicted octanol–water partition coefficient (Wildman–Crippen LogP) is 3.64. The minimum atomic E-state index is -0.414. The van der Waals surface area contributed by atoms with Crippen molar-refractivity contribution in [1.82, 2.24) is 19.9 Å². The largest absolute Gasteiger partial charge is 0.344 e. The first kappa shape index (κ1) is 22.7. The van der Waals surface area contributed by atoms with Crippen molar-refractivity contribution in [3.05, 3.63) is 80.7 Å². The fourth-order valence-corrected chi connectivity index (χ4v) is 5.39. The van der Waals surface area contributed by atoms with Crippen LogP contribution in [-0.2, 0) is 22.4 Å². The van der Waals surface area contributed by atoms with E-state index in [1.165, 1.54) is 6.20 Å². The topological polar surface area (TPSA) is 96.0 Å². The fraction of sp³-hybridized carbons (Fsp3) is 0.346. The van der Waals surface area contributed by atoms with E-state index < -0.39 is 11.7 Å². The Morgan fingerprint density at radius 1 is 1.18 bits per heavy atom. The Kier molecular flexibility index (Phi) is 5.72. The van der Waals surface area contributed by atoms with Crippen molar-refractivity contribution in [3.8, 4) is 11.1 Å². The number of Topliss-reactive ketones (excluding diaryl/α,β-unsaturated/α-hetero) is 1. The van der Waals surface area contributed by atoms with Crippen LogP contribution >= 0.6 is 15.9 Å². The number of halogens is 1. The number of aromatic amines is 1. The number of hydrogen-bond donors (Lipinski definition) is 1. The molecular formula is C26H25BrN4O3. The highest BCUT2D eigenvalue weighted by molar-refractivity contribution is 9.10. The normalized spacial score (nSPS) is 23.0. The van der Waals surface area contributed by atoms with E-state index in [-0.39, 0.29) is 36.0 Å². The Bertz CT molecular complexity index is 1330. The molecule has 34 heavy (non-hydrogen) atoms. The van der Waals surface area contributed by atoms with E-state index in [1.807, 2.05) is 48.2 Å². The summed E-state index contributed by atoms with van der Waals surface area (Å²) in [7, 11) is 0. The van der Waals surface area contributed by atoms with Crippen LogP contribution in [0.25, 0.3) is 11.1 Å². The summed E-state index contributed by atoms with van der Waals surface area (Å²) in [4.78, 5) is 50.7. The number of amides is 1. The summed E-state index contributed by atoms with van der Waals surface area (Å²) >= 11 is 3.38. The second-order valence-electron chi connectivity index (χ2n) is 9.62. The number of nitrogens with one attached hydrogen (secondary N) is 1. The first-order chi connectivity index (χ1) is 16.2.